The molecular weight excluding hydrogens is 196 g/mol. The van der Waals surface area contributed by atoms with Gasteiger partial charge in [-0.25, -0.2) is 0 Å². The van der Waals surface area contributed by atoms with Crippen LogP contribution in [0.5, 0.6) is 0 Å². The first-order valence-electron chi connectivity index (χ1n) is 5.10. The first-order chi connectivity index (χ1) is 7.51. The van der Waals surface area contributed by atoms with Gasteiger partial charge in [-0.3, -0.25) is 0 Å². The summed E-state index contributed by atoms with van der Waals surface area (Å²) in [6, 6.07) is 5.91. The molecule has 0 fully saturated rings. The predicted octanol–water partition coefficient (Wildman–Crippen LogP) is 3.35. The van der Waals surface area contributed by atoms with Gasteiger partial charge in [-0.15, -0.1) is 0 Å². The van der Waals surface area contributed by atoms with Gasteiger partial charge in [-0.2, -0.15) is 10.5 Å². The largest absolute Gasteiger partial charge is 0.192 e. The lowest BCUT2D eigenvalue weighted by Crippen LogP contribution is -1.94. The number of hydrogen-bond donors (Lipinski definition) is 0. The van der Waals surface area contributed by atoms with Gasteiger partial charge in [0.1, 0.15) is 17.7 Å². The number of benzene rings is 1. The Bertz CT molecular complexity index is 495. The summed E-state index contributed by atoms with van der Waals surface area (Å²) >= 11 is 0. The van der Waals surface area contributed by atoms with Crippen molar-refractivity contribution in [2.75, 3.05) is 0 Å². The van der Waals surface area contributed by atoms with E-state index in [0.29, 0.717) is 0 Å². The minimum atomic E-state index is 0.149. The molecule has 0 N–H and O–H groups in total. The Hall–Kier alpha value is -2.06. The zero-order valence-electron chi connectivity index (χ0n) is 10.0. The predicted molar refractivity (Wildman–Crippen MR) is 64.6 cm³/mol. The molecule has 0 saturated heterocycles. The summed E-state index contributed by atoms with van der Waals surface area (Å²) in [6.45, 7) is 8.11. The van der Waals surface area contributed by atoms with E-state index in [0.717, 1.165) is 16.7 Å². The monoisotopic (exact) mass is 210 g/mol. The van der Waals surface area contributed by atoms with Crippen LogP contribution < -0.4 is 0 Å². The van der Waals surface area contributed by atoms with Crippen molar-refractivity contribution in [2.24, 2.45) is 0 Å². The highest BCUT2D eigenvalue weighted by molar-refractivity contribution is 5.68. The molecule has 0 spiro atoms. The summed E-state index contributed by atoms with van der Waals surface area (Å²) in [4.78, 5) is 0. The molecule has 1 rings (SSSR count). The fourth-order valence-corrected chi connectivity index (χ4v) is 1.70. The first-order valence-corrected chi connectivity index (χ1v) is 5.10. The van der Waals surface area contributed by atoms with Crippen LogP contribution in [0.25, 0.3) is 6.08 Å². The van der Waals surface area contributed by atoms with Gasteiger partial charge in [0.05, 0.1) is 0 Å². The Kier molecular flexibility index (Phi) is 3.48. The lowest BCUT2D eigenvalue weighted by atomic mass is 9.93. The Balaban J connectivity index is 3.53. The molecule has 2 nitrogen and oxygen atoms in total. The van der Waals surface area contributed by atoms with E-state index in [1.807, 2.05) is 39.8 Å². The number of nitriles is 2. The van der Waals surface area contributed by atoms with Crippen LogP contribution in [0.4, 0.5) is 0 Å². The summed E-state index contributed by atoms with van der Waals surface area (Å²) < 4.78 is 0. The highest BCUT2D eigenvalue weighted by Crippen LogP contribution is 2.23. The van der Waals surface area contributed by atoms with Gasteiger partial charge in [0.2, 0.25) is 0 Å². The molecule has 1 aromatic carbocycles. The van der Waals surface area contributed by atoms with Crippen LogP contribution in [0, 0.1) is 50.4 Å². The molecule has 0 amide bonds. The third-order valence-electron chi connectivity index (χ3n) is 2.95. The van der Waals surface area contributed by atoms with Crippen molar-refractivity contribution in [3.05, 3.63) is 39.5 Å². The van der Waals surface area contributed by atoms with E-state index in [1.165, 1.54) is 11.1 Å². The summed E-state index contributed by atoms with van der Waals surface area (Å²) in [7, 11) is 0. The number of hydrogen-bond acceptors (Lipinski definition) is 2. The summed E-state index contributed by atoms with van der Waals surface area (Å²) in [6.07, 6.45) is 1.67. The standard InChI is InChI=1S/C14H14N2/c1-9-5-10(2)12(4)14(11(9)3)6-13(7-15)8-16/h5-6H,1-4H3. The minimum absolute atomic E-state index is 0.149. The second-order valence-electron chi connectivity index (χ2n) is 3.96. The smallest absolute Gasteiger partial charge is 0.130 e. The number of allylic oxidation sites excluding steroid dienone is 1. The average molecular weight is 210 g/mol. The summed E-state index contributed by atoms with van der Waals surface area (Å²) in [5.41, 5.74) is 5.78. The van der Waals surface area contributed by atoms with Crippen molar-refractivity contribution in [2.45, 2.75) is 27.7 Å². The van der Waals surface area contributed by atoms with Gasteiger partial charge in [0.25, 0.3) is 0 Å². The van der Waals surface area contributed by atoms with Gasteiger partial charge < -0.3 is 0 Å². The molecule has 0 radical (unpaired) electrons. The van der Waals surface area contributed by atoms with E-state index in [4.69, 9.17) is 10.5 Å². The van der Waals surface area contributed by atoms with Crippen molar-refractivity contribution in [1.82, 2.24) is 0 Å². The lowest BCUT2D eigenvalue weighted by Gasteiger charge is -2.11. The Labute approximate surface area is 96.4 Å². The first kappa shape index (κ1) is 12.0. The Morgan fingerprint density at radius 3 is 1.81 bits per heavy atom. The quantitative estimate of drug-likeness (QED) is 0.667. The van der Waals surface area contributed by atoms with Crippen LogP contribution in [0.1, 0.15) is 27.8 Å². The topological polar surface area (TPSA) is 47.6 Å². The second kappa shape index (κ2) is 4.64. The van der Waals surface area contributed by atoms with Gasteiger partial charge in [0, 0.05) is 0 Å². The van der Waals surface area contributed by atoms with Crippen LogP contribution >= 0.6 is 0 Å². The van der Waals surface area contributed by atoms with E-state index in [1.54, 1.807) is 6.08 Å². The molecule has 0 aliphatic heterocycles. The maximum absolute atomic E-state index is 8.77. The van der Waals surface area contributed by atoms with Crippen LogP contribution in [0.15, 0.2) is 11.6 Å². The van der Waals surface area contributed by atoms with E-state index < -0.39 is 0 Å². The van der Waals surface area contributed by atoms with Crippen molar-refractivity contribution < 1.29 is 0 Å². The molecule has 80 valence electrons. The van der Waals surface area contributed by atoms with Crippen molar-refractivity contribution in [3.63, 3.8) is 0 Å². The molecular formula is C14H14N2. The molecule has 0 aliphatic rings. The average Bonchev–Trinajstić information content (AvgIpc) is 2.27. The van der Waals surface area contributed by atoms with Crippen molar-refractivity contribution >= 4 is 6.08 Å². The summed E-state index contributed by atoms with van der Waals surface area (Å²) in [5, 5.41) is 17.5. The van der Waals surface area contributed by atoms with Gasteiger partial charge in [-0.1, -0.05) is 6.07 Å². The highest BCUT2D eigenvalue weighted by Gasteiger charge is 2.07. The molecule has 0 bridgehead atoms. The van der Waals surface area contributed by atoms with Gasteiger partial charge >= 0.3 is 0 Å². The Morgan fingerprint density at radius 1 is 1.00 bits per heavy atom. The van der Waals surface area contributed by atoms with Crippen LogP contribution in [0.3, 0.4) is 0 Å². The lowest BCUT2D eigenvalue weighted by molar-refractivity contribution is 1.22. The molecule has 0 atom stereocenters. The third-order valence-corrected chi connectivity index (χ3v) is 2.95. The van der Waals surface area contributed by atoms with Crippen LogP contribution in [-0.2, 0) is 0 Å². The third kappa shape index (κ3) is 2.12. The Morgan fingerprint density at radius 2 is 1.44 bits per heavy atom. The highest BCUT2D eigenvalue weighted by atomic mass is 14.3. The number of rotatable bonds is 1. The fourth-order valence-electron chi connectivity index (χ4n) is 1.70. The van der Waals surface area contributed by atoms with Crippen LogP contribution in [-0.4, -0.2) is 0 Å². The van der Waals surface area contributed by atoms with E-state index in [2.05, 4.69) is 6.07 Å². The maximum Gasteiger partial charge on any atom is 0.130 e. The zero-order valence-corrected chi connectivity index (χ0v) is 10.0. The molecule has 16 heavy (non-hydrogen) atoms. The molecule has 1 aromatic rings. The van der Waals surface area contributed by atoms with Gasteiger partial charge in [0.15, 0.2) is 0 Å². The summed E-state index contributed by atoms with van der Waals surface area (Å²) in [5.74, 6) is 0. The van der Waals surface area contributed by atoms with E-state index >= 15 is 0 Å². The number of aryl methyl sites for hydroxylation is 2. The minimum Gasteiger partial charge on any atom is -0.192 e. The van der Waals surface area contributed by atoms with Crippen molar-refractivity contribution in [1.29, 1.82) is 10.5 Å². The SMILES string of the molecule is Cc1cc(C)c(C)c(C=C(C#N)C#N)c1C. The number of nitrogens with zero attached hydrogens (tertiary/aromatic N) is 2. The second-order valence-corrected chi connectivity index (χ2v) is 3.96. The van der Waals surface area contributed by atoms with Crippen molar-refractivity contribution in [3.8, 4) is 12.1 Å². The maximum atomic E-state index is 8.77. The van der Waals surface area contributed by atoms with Crippen LogP contribution in [0.2, 0.25) is 0 Å². The fraction of sp³-hybridized carbons (Fsp3) is 0.286. The molecule has 0 saturated carbocycles. The zero-order chi connectivity index (χ0) is 12.3. The van der Waals surface area contributed by atoms with Gasteiger partial charge in [-0.05, 0) is 61.6 Å². The molecule has 2 heteroatoms. The molecule has 0 heterocycles. The molecule has 0 aliphatic carbocycles. The molecule has 0 unspecified atom stereocenters. The van der Waals surface area contributed by atoms with E-state index in [9.17, 15) is 0 Å². The van der Waals surface area contributed by atoms with E-state index in [-0.39, 0.29) is 5.57 Å². The molecule has 0 aromatic heterocycles. The normalized spacial score (nSPS) is 9.12.